The summed E-state index contributed by atoms with van der Waals surface area (Å²) in [4.78, 5) is 6.55. The topological polar surface area (TPSA) is 47.7 Å². The molecule has 2 fully saturated rings. The van der Waals surface area contributed by atoms with E-state index in [9.17, 15) is 0 Å². The van der Waals surface area contributed by atoms with Gasteiger partial charge >= 0.3 is 0 Å². The number of hydrogen-bond donors (Lipinski definition) is 0. The first kappa shape index (κ1) is 15.7. The summed E-state index contributed by atoms with van der Waals surface area (Å²) in [5.74, 6) is 2.83. The molecule has 24 heavy (non-hydrogen) atoms. The Kier molecular flexibility index (Phi) is 4.29. The van der Waals surface area contributed by atoms with Gasteiger partial charge in [-0.2, -0.15) is 0 Å². The molecule has 2 aliphatic rings. The number of aryl methyl sites for hydroxylation is 1. The van der Waals surface area contributed by atoms with E-state index in [2.05, 4.69) is 16.0 Å². The molecule has 0 radical (unpaired) electrons. The zero-order valence-electron chi connectivity index (χ0n) is 14.1. The van der Waals surface area contributed by atoms with Crippen molar-refractivity contribution in [2.45, 2.75) is 44.4 Å². The molecule has 2 atom stereocenters. The monoisotopic (exact) mass is 328 g/mol. The minimum atomic E-state index is -0.0766. The van der Waals surface area contributed by atoms with Crippen LogP contribution in [0.15, 0.2) is 41.1 Å². The molecule has 2 aliphatic heterocycles. The molecule has 0 aliphatic carbocycles. The molecular weight excluding hydrogens is 304 g/mol. The van der Waals surface area contributed by atoms with Gasteiger partial charge in [0.15, 0.2) is 0 Å². The quantitative estimate of drug-likeness (QED) is 0.863. The Morgan fingerprint density at radius 2 is 2.33 bits per heavy atom. The van der Waals surface area contributed by atoms with Crippen molar-refractivity contribution < 1.29 is 13.9 Å². The highest BCUT2D eigenvalue weighted by molar-refractivity contribution is 5.16. The summed E-state index contributed by atoms with van der Waals surface area (Å²) >= 11 is 0. The van der Waals surface area contributed by atoms with Crippen LogP contribution in [0.1, 0.15) is 30.8 Å². The van der Waals surface area contributed by atoms with E-state index >= 15 is 0 Å². The molecule has 5 nitrogen and oxygen atoms in total. The van der Waals surface area contributed by atoms with Crippen LogP contribution in [0.5, 0.6) is 5.75 Å². The van der Waals surface area contributed by atoms with Crippen molar-refractivity contribution in [3.63, 3.8) is 0 Å². The zero-order chi connectivity index (χ0) is 16.4. The number of ether oxygens (including phenoxy) is 2. The fraction of sp³-hybridized carbons (Fsp3) is 0.526. The Morgan fingerprint density at radius 3 is 3.12 bits per heavy atom. The van der Waals surface area contributed by atoms with E-state index in [1.165, 1.54) is 0 Å². The van der Waals surface area contributed by atoms with E-state index in [0.29, 0.717) is 6.61 Å². The Balaban J connectivity index is 1.36. The molecule has 2 aromatic rings. The minimum absolute atomic E-state index is 0.0766. The van der Waals surface area contributed by atoms with Gasteiger partial charge in [0.05, 0.1) is 24.9 Å². The molecule has 0 saturated carbocycles. The van der Waals surface area contributed by atoms with Crippen molar-refractivity contribution in [3.8, 4) is 5.75 Å². The second kappa shape index (κ2) is 6.57. The smallest absolute Gasteiger partial charge is 0.138 e. The van der Waals surface area contributed by atoms with E-state index in [0.717, 1.165) is 56.2 Å². The number of hydrogen-bond acceptors (Lipinski definition) is 5. The maximum Gasteiger partial charge on any atom is 0.138 e. The zero-order valence-corrected chi connectivity index (χ0v) is 14.1. The van der Waals surface area contributed by atoms with Gasteiger partial charge < -0.3 is 13.9 Å². The van der Waals surface area contributed by atoms with Crippen molar-refractivity contribution in [1.29, 1.82) is 0 Å². The third-order valence-electron chi connectivity index (χ3n) is 4.91. The van der Waals surface area contributed by atoms with Crippen LogP contribution >= 0.6 is 0 Å². The maximum atomic E-state index is 6.22. The SMILES string of the molecule is Cc1ccc(CN2CCC[C@]3(C[C@H](Oc4cccnc4)CO3)C2)o1. The first-order chi connectivity index (χ1) is 11.7. The first-order valence-corrected chi connectivity index (χ1v) is 8.69. The molecule has 4 heterocycles. The number of likely N-dealkylation sites (tertiary alicyclic amines) is 1. The molecule has 0 aromatic carbocycles. The van der Waals surface area contributed by atoms with Gasteiger partial charge in [-0.15, -0.1) is 0 Å². The Hall–Kier alpha value is -1.85. The third kappa shape index (κ3) is 3.47. The highest BCUT2D eigenvalue weighted by Gasteiger charge is 2.44. The number of furan rings is 1. The van der Waals surface area contributed by atoms with Crippen molar-refractivity contribution in [2.75, 3.05) is 19.7 Å². The van der Waals surface area contributed by atoms with Gasteiger partial charge in [-0.1, -0.05) is 0 Å². The predicted octanol–water partition coefficient (Wildman–Crippen LogP) is 3.19. The van der Waals surface area contributed by atoms with Crippen molar-refractivity contribution in [1.82, 2.24) is 9.88 Å². The number of rotatable bonds is 4. The number of pyridine rings is 1. The molecule has 2 saturated heterocycles. The molecule has 0 bridgehead atoms. The molecule has 2 aromatic heterocycles. The highest BCUT2D eigenvalue weighted by atomic mass is 16.6. The number of nitrogens with zero attached hydrogens (tertiary/aromatic N) is 2. The van der Waals surface area contributed by atoms with Crippen LogP contribution in [0.4, 0.5) is 0 Å². The van der Waals surface area contributed by atoms with Crippen LogP contribution in [-0.4, -0.2) is 41.3 Å². The lowest BCUT2D eigenvalue weighted by atomic mass is 9.89. The first-order valence-electron chi connectivity index (χ1n) is 8.69. The minimum Gasteiger partial charge on any atom is -0.486 e. The number of piperidine rings is 1. The Morgan fingerprint density at radius 1 is 1.38 bits per heavy atom. The summed E-state index contributed by atoms with van der Waals surface area (Å²) in [5, 5.41) is 0. The largest absolute Gasteiger partial charge is 0.486 e. The van der Waals surface area contributed by atoms with Gasteiger partial charge in [-0.05, 0) is 50.6 Å². The third-order valence-corrected chi connectivity index (χ3v) is 4.91. The fourth-order valence-corrected chi connectivity index (χ4v) is 3.89. The lowest BCUT2D eigenvalue weighted by Gasteiger charge is -2.39. The summed E-state index contributed by atoms with van der Waals surface area (Å²) in [5.41, 5.74) is -0.0766. The molecular formula is C19H24N2O3. The summed E-state index contributed by atoms with van der Waals surface area (Å²) in [6.07, 6.45) is 6.83. The fourth-order valence-electron chi connectivity index (χ4n) is 3.89. The molecule has 1 spiro atoms. The van der Waals surface area contributed by atoms with E-state index in [1.807, 2.05) is 25.1 Å². The second-order valence-corrected chi connectivity index (χ2v) is 6.95. The van der Waals surface area contributed by atoms with Gasteiger partial charge in [0.1, 0.15) is 23.4 Å². The van der Waals surface area contributed by atoms with Gasteiger partial charge in [-0.3, -0.25) is 9.88 Å². The van der Waals surface area contributed by atoms with Crippen LogP contribution in [0.3, 0.4) is 0 Å². The van der Waals surface area contributed by atoms with Crippen LogP contribution in [0.25, 0.3) is 0 Å². The normalized spacial score (nSPS) is 27.6. The molecule has 5 heteroatoms. The Labute approximate surface area is 142 Å². The van der Waals surface area contributed by atoms with Gasteiger partial charge in [0.25, 0.3) is 0 Å². The van der Waals surface area contributed by atoms with E-state index < -0.39 is 0 Å². The summed E-state index contributed by atoms with van der Waals surface area (Å²) in [6, 6.07) is 7.94. The van der Waals surface area contributed by atoms with Crippen LogP contribution in [0, 0.1) is 6.92 Å². The second-order valence-electron chi connectivity index (χ2n) is 6.95. The van der Waals surface area contributed by atoms with Crippen molar-refractivity contribution >= 4 is 0 Å². The Bertz CT molecular complexity index is 672. The molecule has 0 unspecified atom stereocenters. The highest BCUT2D eigenvalue weighted by Crippen LogP contribution is 2.36. The average molecular weight is 328 g/mol. The van der Waals surface area contributed by atoms with Gasteiger partial charge in [0, 0.05) is 19.2 Å². The number of aromatic nitrogens is 1. The lowest BCUT2D eigenvalue weighted by Crippen LogP contribution is -2.47. The van der Waals surface area contributed by atoms with E-state index in [-0.39, 0.29) is 11.7 Å². The van der Waals surface area contributed by atoms with Gasteiger partial charge in [-0.25, -0.2) is 0 Å². The predicted molar refractivity (Wildman–Crippen MR) is 89.9 cm³/mol. The molecule has 128 valence electrons. The van der Waals surface area contributed by atoms with Crippen molar-refractivity contribution in [3.05, 3.63) is 48.2 Å². The van der Waals surface area contributed by atoms with E-state index in [4.69, 9.17) is 13.9 Å². The maximum absolute atomic E-state index is 6.22. The standard InChI is InChI=1S/C19H24N2O3/c1-15-5-6-17(23-15)12-21-9-3-7-19(14-21)10-18(13-22-19)24-16-4-2-8-20-11-16/h2,4-6,8,11,18H,3,7,9-10,12-14H2,1H3/t18-,19-/m0/s1. The summed E-state index contributed by atoms with van der Waals surface area (Å²) in [7, 11) is 0. The van der Waals surface area contributed by atoms with E-state index in [1.54, 1.807) is 12.4 Å². The average Bonchev–Trinajstić information content (AvgIpc) is 3.15. The van der Waals surface area contributed by atoms with Crippen LogP contribution in [-0.2, 0) is 11.3 Å². The molecule has 0 amide bonds. The van der Waals surface area contributed by atoms with Crippen molar-refractivity contribution in [2.24, 2.45) is 0 Å². The lowest BCUT2D eigenvalue weighted by molar-refractivity contribution is -0.0550. The van der Waals surface area contributed by atoms with Gasteiger partial charge in [0.2, 0.25) is 0 Å². The van der Waals surface area contributed by atoms with Crippen LogP contribution < -0.4 is 4.74 Å². The summed E-state index contributed by atoms with van der Waals surface area (Å²) < 4.78 is 18.0. The van der Waals surface area contributed by atoms with Crippen LogP contribution in [0.2, 0.25) is 0 Å². The molecule has 4 rings (SSSR count). The molecule has 0 N–H and O–H groups in total. The summed E-state index contributed by atoms with van der Waals surface area (Å²) in [6.45, 7) is 5.54.